The minimum absolute atomic E-state index is 0.142. The summed E-state index contributed by atoms with van der Waals surface area (Å²) < 4.78 is 0. The number of nitrogen functional groups attached to an aromatic ring is 1. The van der Waals surface area contributed by atoms with E-state index < -0.39 is 6.10 Å². The number of thiazole rings is 1. The number of aromatic nitrogens is 1. The Hall–Kier alpha value is -1.34. The topological polar surface area (TPSA) is 82.7 Å². The summed E-state index contributed by atoms with van der Waals surface area (Å²) in [5.74, 6) is 0.138. The van der Waals surface area contributed by atoms with Crippen molar-refractivity contribution in [3.8, 4) is 0 Å². The number of aliphatic hydroxyl groups is 1. The predicted molar refractivity (Wildman–Crippen MR) is 83.3 cm³/mol. The van der Waals surface area contributed by atoms with E-state index in [1.807, 2.05) is 11.9 Å². The van der Waals surface area contributed by atoms with Crippen molar-refractivity contribution < 1.29 is 9.90 Å². The second-order valence-electron chi connectivity index (χ2n) is 5.00. The fraction of sp³-hybridized carbons (Fsp3) is 0.692. The van der Waals surface area contributed by atoms with Crippen LogP contribution in [0.4, 0.5) is 10.9 Å². The Kier molecular flexibility index (Phi) is 6.22. The average molecular weight is 300 g/mol. The number of hydrogen-bond acceptors (Lipinski definition) is 6. The quantitative estimate of drug-likeness (QED) is 0.795. The minimum Gasteiger partial charge on any atom is -0.393 e. The van der Waals surface area contributed by atoms with Gasteiger partial charge in [0.15, 0.2) is 5.13 Å². The summed E-state index contributed by atoms with van der Waals surface area (Å²) in [5.41, 5.74) is 5.85. The number of amides is 1. The molecule has 3 N–H and O–H groups in total. The first-order valence-corrected chi connectivity index (χ1v) is 7.59. The van der Waals surface area contributed by atoms with E-state index in [0.717, 1.165) is 18.1 Å². The monoisotopic (exact) mass is 300 g/mol. The van der Waals surface area contributed by atoms with Crippen LogP contribution in [0.1, 0.15) is 36.4 Å². The van der Waals surface area contributed by atoms with Crippen LogP contribution < -0.4 is 10.6 Å². The molecule has 0 saturated carbocycles. The standard InChI is InChI=1S/C13H24N4O2S/c1-5-7-17(4)13-15-11(14)10(20-13)12(19)16(3)8-6-9(2)18/h9,18H,5-8,14H2,1-4H3. The molecule has 0 aliphatic rings. The number of carbonyl (C=O) groups is 1. The van der Waals surface area contributed by atoms with E-state index in [1.165, 1.54) is 11.3 Å². The molecular formula is C13H24N4O2S. The van der Waals surface area contributed by atoms with Crippen molar-refractivity contribution >= 4 is 28.2 Å². The second kappa shape index (κ2) is 7.44. The van der Waals surface area contributed by atoms with E-state index in [2.05, 4.69) is 11.9 Å². The summed E-state index contributed by atoms with van der Waals surface area (Å²) >= 11 is 1.31. The highest BCUT2D eigenvalue weighted by Crippen LogP contribution is 2.28. The third kappa shape index (κ3) is 4.35. The molecule has 1 aromatic rings. The number of nitrogens with zero attached hydrogens (tertiary/aromatic N) is 3. The lowest BCUT2D eigenvalue weighted by atomic mass is 10.2. The van der Waals surface area contributed by atoms with Gasteiger partial charge in [0.2, 0.25) is 0 Å². The summed E-state index contributed by atoms with van der Waals surface area (Å²) in [6.45, 7) is 5.16. The van der Waals surface area contributed by atoms with Gasteiger partial charge in [-0.15, -0.1) is 0 Å². The van der Waals surface area contributed by atoms with Crippen molar-refractivity contribution in [1.82, 2.24) is 9.88 Å². The fourth-order valence-corrected chi connectivity index (χ4v) is 2.69. The molecule has 114 valence electrons. The smallest absolute Gasteiger partial charge is 0.267 e. The number of nitrogens with two attached hydrogens (primary N) is 1. The molecule has 0 radical (unpaired) electrons. The maximum atomic E-state index is 12.3. The van der Waals surface area contributed by atoms with Gasteiger partial charge < -0.3 is 20.6 Å². The SMILES string of the molecule is CCCN(C)c1nc(N)c(C(=O)N(C)CCC(C)O)s1. The van der Waals surface area contributed by atoms with E-state index in [-0.39, 0.29) is 11.7 Å². The van der Waals surface area contributed by atoms with Crippen LogP contribution in [0.25, 0.3) is 0 Å². The number of carbonyl (C=O) groups excluding carboxylic acids is 1. The van der Waals surface area contributed by atoms with Gasteiger partial charge in [0.1, 0.15) is 10.7 Å². The third-order valence-corrected chi connectivity index (χ3v) is 4.12. The first-order valence-electron chi connectivity index (χ1n) is 6.77. The highest BCUT2D eigenvalue weighted by atomic mass is 32.1. The van der Waals surface area contributed by atoms with Gasteiger partial charge in [-0.3, -0.25) is 4.79 Å². The molecule has 0 bridgehead atoms. The van der Waals surface area contributed by atoms with Gasteiger partial charge in [-0.1, -0.05) is 18.3 Å². The molecule has 1 rings (SSSR count). The summed E-state index contributed by atoms with van der Waals surface area (Å²) in [4.78, 5) is 20.6. The van der Waals surface area contributed by atoms with Gasteiger partial charge in [-0.25, -0.2) is 4.98 Å². The number of hydrogen-bond donors (Lipinski definition) is 2. The van der Waals surface area contributed by atoms with Gasteiger partial charge in [-0.05, 0) is 19.8 Å². The van der Waals surface area contributed by atoms with Crippen LogP contribution in [-0.4, -0.2) is 54.2 Å². The van der Waals surface area contributed by atoms with E-state index >= 15 is 0 Å². The maximum Gasteiger partial charge on any atom is 0.267 e. The fourth-order valence-electron chi connectivity index (χ4n) is 1.72. The lowest BCUT2D eigenvalue weighted by Crippen LogP contribution is -2.29. The molecule has 20 heavy (non-hydrogen) atoms. The van der Waals surface area contributed by atoms with Crippen LogP contribution >= 0.6 is 11.3 Å². The highest BCUT2D eigenvalue weighted by Gasteiger charge is 2.21. The largest absolute Gasteiger partial charge is 0.393 e. The van der Waals surface area contributed by atoms with Gasteiger partial charge in [0.25, 0.3) is 5.91 Å². The van der Waals surface area contributed by atoms with Gasteiger partial charge in [0, 0.05) is 27.2 Å². The molecule has 0 fully saturated rings. The van der Waals surface area contributed by atoms with Crippen molar-refractivity contribution in [2.75, 3.05) is 37.8 Å². The molecule has 1 amide bonds. The van der Waals surface area contributed by atoms with E-state index in [9.17, 15) is 9.90 Å². The molecule has 6 nitrogen and oxygen atoms in total. The molecule has 7 heteroatoms. The van der Waals surface area contributed by atoms with Gasteiger partial charge in [0.05, 0.1) is 6.10 Å². The maximum absolute atomic E-state index is 12.3. The number of aliphatic hydroxyl groups excluding tert-OH is 1. The van der Waals surface area contributed by atoms with E-state index in [1.54, 1.807) is 18.9 Å². The van der Waals surface area contributed by atoms with Crippen molar-refractivity contribution in [2.24, 2.45) is 0 Å². The van der Waals surface area contributed by atoms with Gasteiger partial charge >= 0.3 is 0 Å². The lowest BCUT2D eigenvalue weighted by molar-refractivity contribution is 0.0774. The molecule has 0 aliphatic heterocycles. The Labute approximate surface area is 124 Å². The lowest BCUT2D eigenvalue weighted by Gasteiger charge is -2.17. The molecule has 1 atom stereocenters. The molecule has 0 aliphatic carbocycles. The molecule has 0 saturated heterocycles. The molecule has 1 aromatic heterocycles. The summed E-state index contributed by atoms with van der Waals surface area (Å²) in [6, 6.07) is 0. The van der Waals surface area contributed by atoms with Gasteiger partial charge in [-0.2, -0.15) is 0 Å². The van der Waals surface area contributed by atoms with Crippen LogP contribution in [-0.2, 0) is 0 Å². The van der Waals surface area contributed by atoms with Crippen LogP contribution in [0.15, 0.2) is 0 Å². The first kappa shape index (κ1) is 16.7. The Morgan fingerprint density at radius 3 is 2.65 bits per heavy atom. The predicted octanol–water partition coefficient (Wildman–Crippen LogP) is 1.41. The molecule has 0 aromatic carbocycles. The normalized spacial score (nSPS) is 12.2. The third-order valence-electron chi connectivity index (χ3n) is 2.95. The summed E-state index contributed by atoms with van der Waals surface area (Å²) in [5, 5.41) is 10.0. The number of rotatable bonds is 7. The number of anilines is 2. The average Bonchev–Trinajstić information content (AvgIpc) is 2.77. The molecular weight excluding hydrogens is 276 g/mol. The van der Waals surface area contributed by atoms with Crippen molar-refractivity contribution in [3.05, 3.63) is 4.88 Å². The molecule has 1 unspecified atom stereocenters. The van der Waals surface area contributed by atoms with Crippen molar-refractivity contribution in [3.63, 3.8) is 0 Å². The van der Waals surface area contributed by atoms with Crippen LogP contribution in [0.5, 0.6) is 0 Å². The van der Waals surface area contributed by atoms with Crippen molar-refractivity contribution in [2.45, 2.75) is 32.8 Å². The Morgan fingerprint density at radius 1 is 1.45 bits per heavy atom. The van der Waals surface area contributed by atoms with Crippen LogP contribution in [0.2, 0.25) is 0 Å². The Bertz CT molecular complexity index is 448. The molecule has 0 spiro atoms. The highest BCUT2D eigenvalue weighted by molar-refractivity contribution is 7.18. The summed E-state index contributed by atoms with van der Waals surface area (Å²) in [7, 11) is 3.65. The zero-order chi connectivity index (χ0) is 15.3. The second-order valence-corrected chi connectivity index (χ2v) is 5.97. The minimum atomic E-state index is -0.421. The zero-order valence-corrected chi connectivity index (χ0v) is 13.4. The van der Waals surface area contributed by atoms with E-state index in [0.29, 0.717) is 17.8 Å². The van der Waals surface area contributed by atoms with Crippen molar-refractivity contribution in [1.29, 1.82) is 0 Å². The van der Waals surface area contributed by atoms with E-state index in [4.69, 9.17) is 5.73 Å². The zero-order valence-electron chi connectivity index (χ0n) is 12.6. The molecule has 1 heterocycles. The van der Waals surface area contributed by atoms with Crippen LogP contribution in [0, 0.1) is 0 Å². The summed E-state index contributed by atoms with van der Waals surface area (Å²) in [6.07, 6.45) is 1.13. The Morgan fingerprint density at radius 2 is 2.10 bits per heavy atom. The van der Waals surface area contributed by atoms with Crippen LogP contribution in [0.3, 0.4) is 0 Å². The first-order chi connectivity index (χ1) is 9.36. The Balaban J connectivity index is 2.77.